The number of aliphatic carboxylic acids is 1. The maximum Gasteiger partial charge on any atom is 0.304 e. The molecule has 1 aromatic rings. The van der Waals surface area contributed by atoms with Gasteiger partial charge in [0.25, 0.3) is 0 Å². The van der Waals surface area contributed by atoms with Gasteiger partial charge in [-0.1, -0.05) is 32.0 Å². The number of anilines is 1. The molecule has 0 saturated heterocycles. The number of nitrogens with zero attached hydrogens (tertiary/aromatic N) is 1. The van der Waals surface area contributed by atoms with E-state index in [4.69, 9.17) is 5.11 Å². The summed E-state index contributed by atoms with van der Waals surface area (Å²) >= 11 is 0. The third-order valence-electron chi connectivity index (χ3n) is 2.98. The van der Waals surface area contributed by atoms with E-state index in [9.17, 15) is 9.59 Å². The smallest absolute Gasteiger partial charge is 0.304 e. The summed E-state index contributed by atoms with van der Waals surface area (Å²) in [6.45, 7) is 4.68. The van der Waals surface area contributed by atoms with Crippen LogP contribution in [0.3, 0.4) is 0 Å². The molecule has 2 N–H and O–H groups in total. The summed E-state index contributed by atoms with van der Waals surface area (Å²) in [6, 6.07) is 7.71. The normalized spacial score (nSPS) is 10.3. The zero-order valence-electron chi connectivity index (χ0n) is 12.6. The third-order valence-corrected chi connectivity index (χ3v) is 2.98. The second-order valence-corrected chi connectivity index (χ2v) is 5.17. The minimum absolute atomic E-state index is 0. The molecule has 0 radical (unpaired) electrons. The number of carboxylic acids is 1. The average Bonchev–Trinajstić information content (AvgIpc) is 2.36. The van der Waals surface area contributed by atoms with Crippen molar-refractivity contribution in [2.45, 2.75) is 26.2 Å². The lowest BCUT2D eigenvalue weighted by Gasteiger charge is -2.17. The van der Waals surface area contributed by atoms with Gasteiger partial charge in [-0.05, 0) is 24.6 Å². The Morgan fingerprint density at radius 1 is 1.29 bits per heavy atom. The summed E-state index contributed by atoms with van der Waals surface area (Å²) in [5.74, 6) is -0.662. The number of amides is 1. The van der Waals surface area contributed by atoms with Crippen LogP contribution >= 0.6 is 12.4 Å². The number of nitrogens with one attached hydrogen (secondary N) is 1. The fourth-order valence-corrected chi connectivity index (χ4v) is 1.91. The van der Waals surface area contributed by atoms with Crippen LogP contribution in [0.4, 0.5) is 5.69 Å². The van der Waals surface area contributed by atoms with E-state index in [1.807, 2.05) is 24.3 Å². The van der Waals surface area contributed by atoms with Gasteiger partial charge < -0.3 is 10.4 Å². The first-order valence-corrected chi connectivity index (χ1v) is 6.69. The quantitative estimate of drug-likeness (QED) is 0.811. The van der Waals surface area contributed by atoms with Crippen molar-refractivity contribution in [2.75, 3.05) is 25.5 Å². The minimum atomic E-state index is -0.859. The lowest BCUT2D eigenvalue weighted by atomic mass is 10.0. The molecule has 0 heterocycles. The highest BCUT2D eigenvalue weighted by Crippen LogP contribution is 2.23. The second-order valence-electron chi connectivity index (χ2n) is 5.17. The molecule has 0 aliphatic carbocycles. The molecule has 1 rings (SSSR count). The number of carbonyl (C=O) groups is 2. The lowest BCUT2D eigenvalue weighted by molar-refractivity contribution is -0.137. The summed E-state index contributed by atoms with van der Waals surface area (Å²) in [4.78, 5) is 24.1. The Kier molecular flexibility index (Phi) is 8.66. The molecular formula is C15H23ClN2O3. The van der Waals surface area contributed by atoms with Crippen LogP contribution in [0.25, 0.3) is 0 Å². The number of likely N-dealkylation sites (N-methyl/N-ethyl adjacent to an activating group) is 1. The summed E-state index contributed by atoms with van der Waals surface area (Å²) in [6.07, 6.45) is 0.0341. The predicted molar refractivity (Wildman–Crippen MR) is 86.2 cm³/mol. The van der Waals surface area contributed by atoms with Crippen LogP contribution in [-0.2, 0) is 9.59 Å². The number of halogens is 1. The Morgan fingerprint density at radius 2 is 1.90 bits per heavy atom. The van der Waals surface area contributed by atoms with E-state index in [0.29, 0.717) is 12.5 Å². The standard InChI is InChI=1S/C15H22N2O3.ClH/c1-11(2)12-6-4-5-7-13(12)16-14(18)10-17(3)9-8-15(19)20;/h4-7,11H,8-10H2,1-3H3,(H,16,18)(H,19,20);1H. The van der Waals surface area contributed by atoms with E-state index in [1.165, 1.54) is 0 Å². The predicted octanol–water partition coefficient (Wildman–Crippen LogP) is 2.58. The van der Waals surface area contributed by atoms with Crippen molar-refractivity contribution in [1.82, 2.24) is 4.90 Å². The highest BCUT2D eigenvalue weighted by atomic mass is 35.5. The summed E-state index contributed by atoms with van der Waals surface area (Å²) in [5.41, 5.74) is 1.91. The fraction of sp³-hybridized carbons (Fsp3) is 0.467. The summed E-state index contributed by atoms with van der Waals surface area (Å²) in [5, 5.41) is 11.5. The van der Waals surface area contributed by atoms with Gasteiger partial charge in [-0.15, -0.1) is 12.4 Å². The van der Waals surface area contributed by atoms with Gasteiger partial charge >= 0.3 is 5.97 Å². The van der Waals surface area contributed by atoms with Crippen molar-refractivity contribution in [3.63, 3.8) is 0 Å². The Morgan fingerprint density at radius 3 is 2.48 bits per heavy atom. The first-order valence-electron chi connectivity index (χ1n) is 6.69. The number of carboxylic acid groups (broad SMARTS) is 1. The first kappa shape index (κ1) is 19.4. The number of benzene rings is 1. The first-order chi connectivity index (χ1) is 9.40. The molecule has 5 nitrogen and oxygen atoms in total. The van der Waals surface area contributed by atoms with Gasteiger partial charge in [0.05, 0.1) is 13.0 Å². The molecule has 0 aliphatic rings. The molecule has 0 saturated carbocycles. The van der Waals surface area contributed by atoms with Gasteiger partial charge in [0.1, 0.15) is 0 Å². The van der Waals surface area contributed by atoms with Crippen molar-refractivity contribution in [1.29, 1.82) is 0 Å². The van der Waals surface area contributed by atoms with Crippen molar-refractivity contribution < 1.29 is 14.7 Å². The Balaban J connectivity index is 0.00000400. The molecule has 0 unspecified atom stereocenters. The fourth-order valence-electron chi connectivity index (χ4n) is 1.91. The van der Waals surface area contributed by atoms with Crippen molar-refractivity contribution >= 4 is 30.0 Å². The highest BCUT2D eigenvalue weighted by molar-refractivity contribution is 5.93. The van der Waals surface area contributed by atoms with Gasteiger partial charge in [-0.2, -0.15) is 0 Å². The Labute approximate surface area is 131 Å². The number of para-hydroxylation sites is 1. The van der Waals surface area contributed by atoms with Crippen LogP contribution in [0.5, 0.6) is 0 Å². The van der Waals surface area contributed by atoms with Crippen LogP contribution in [0.15, 0.2) is 24.3 Å². The van der Waals surface area contributed by atoms with E-state index >= 15 is 0 Å². The number of rotatable bonds is 7. The van der Waals surface area contributed by atoms with Crippen LogP contribution < -0.4 is 5.32 Å². The number of carbonyl (C=O) groups excluding carboxylic acids is 1. The van der Waals surface area contributed by atoms with E-state index in [1.54, 1.807) is 11.9 Å². The molecular weight excluding hydrogens is 292 g/mol. The maximum atomic E-state index is 11.9. The molecule has 0 bridgehead atoms. The molecule has 0 aliphatic heterocycles. The minimum Gasteiger partial charge on any atom is -0.481 e. The summed E-state index contributed by atoms with van der Waals surface area (Å²) < 4.78 is 0. The third kappa shape index (κ3) is 7.11. The van der Waals surface area contributed by atoms with Gasteiger partial charge in [0.2, 0.25) is 5.91 Å². The number of hydrogen-bond acceptors (Lipinski definition) is 3. The van der Waals surface area contributed by atoms with Crippen LogP contribution in [0, 0.1) is 0 Å². The largest absolute Gasteiger partial charge is 0.481 e. The van der Waals surface area contributed by atoms with E-state index in [2.05, 4.69) is 19.2 Å². The highest BCUT2D eigenvalue weighted by Gasteiger charge is 2.11. The monoisotopic (exact) mass is 314 g/mol. The number of hydrogen-bond donors (Lipinski definition) is 2. The molecule has 1 amide bonds. The van der Waals surface area contributed by atoms with Gasteiger partial charge in [0.15, 0.2) is 0 Å². The molecule has 118 valence electrons. The molecule has 0 atom stereocenters. The second kappa shape index (κ2) is 9.37. The van der Waals surface area contributed by atoms with Crippen molar-refractivity contribution in [3.05, 3.63) is 29.8 Å². The van der Waals surface area contributed by atoms with Gasteiger partial charge in [-0.3, -0.25) is 14.5 Å². The molecule has 0 fully saturated rings. The van der Waals surface area contributed by atoms with Gasteiger partial charge in [0, 0.05) is 12.2 Å². The van der Waals surface area contributed by atoms with E-state index < -0.39 is 5.97 Å². The molecule has 21 heavy (non-hydrogen) atoms. The summed E-state index contributed by atoms with van der Waals surface area (Å²) in [7, 11) is 1.73. The molecule has 0 aromatic heterocycles. The van der Waals surface area contributed by atoms with E-state index in [0.717, 1.165) is 11.3 Å². The van der Waals surface area contributed by atoms with Crippen molar-refractivity contribution in [3.8, 4) is 0 Å². The van der Waals surface area contributed by atoms with Crippen molar-refractivity contribution in [2.24, 2.45) is 0 Å². The van der Waals surface area contributed by atoms with E-state index in [-0.39, 0.29) is 31.3 Å². The zero-order valence-corrected chi connectivity index (χ0v) is 13.4. The molecule has 0 spiro atoms. The van der Waals surface area contributed by atoms with Crippen LogP contribution in [0.1, 0.15) is 31.7 Å². The molecule has 1 aromatic carbocycles. The van der Waals surface area contributed by atoms with Crippen LogP contribution in [0.2, 0.25) is 0 Å². The average molecular weight is 315 g/mol. The maximum absolute atomic E-state index is 11.9. The SMILES string of the molecule is CC(C)c1ccccc1NC(=O)CN(C)CCC(=O)O.Cl. The zero-order chi connectivity index (χ0) is 15.1. The Hall–Kier alpha value is -1.59. The topological polar surface area (TPSA) is 69.6 Å². The molecule has 6 heteroatoms. The van der Waals surface area contributed by atoms with Crippen LogP contribution in [-0.4, -0.2) is 42.0 Å². The lowest BCUT2D eigenvalue weighted by Crippen LogP contribution is -2.32. The Bertz CT molecular complexity index is 478. The van der Waals surface area contributed by atoms with Gasteiger partial charge in [-0.25, -0.2) is 0 Å².